The molecule has 2 heterocycles. The van der Waals surface area contributed by atoms with Crippen LogP contribution in [0.2, 0.25) is 0 Å². The number of anilines is 1. The summed E-state index contributed by atoms with van der Waals surface area (Å²) in [6.07, 6.45) is 2.83. The largest absolute Gasteiger partial charge is 0.315 e. The summed E-state index contributed by atoms with van der Waals surface area (Å²) in [4.78, 5) is 14.0. The van der Waals surface area contributed by atoms with Crippen LogP contribution in [-0.2, 0) is 26.8 Å². The molecular formula is C23H28N4O3S. The van der Waals surface area contributed by atoms with Crippen molar-refractivity contribution in [2.45, 2.75) is 50.5 Å². The summed E-state index contributed by atoms with van der Waals surface area (Å²) in [6.45, 7) is 6.93. The number of carbonyl (C=O) groups is 1. The Labute approximate surface area is 183 Å². The van der Waals surface area contributed by atoms with Crippen LogP contribution in [0, 0.1) is 6.92 Å². The maximum atomic E-state index is 12.9. The molecule has 0 radical (unpaired) electrons. The van der Waals surface area contributed by atoms with Crippen molar-refractivity contribution in [3.63, 3.8) is 0 Å². The molecule has 1 aromatic heterocycles. The van der Waals surface area contributed by atoms with Crippen molar-refractivity contribution < 1.29 is 13.2 Å². The van der Waals surface area contributed by atoms with Gasteiger partial charge in [-0.15, -0.1) is 0 Å². The van der Waals surface area contributed by atoms with Gasteiger partial charge in [0.2, 0.25) is 15.9 Å². The quantitative estimate of drug-likeness (QED) is 0.596. The van der Waals surface area contributed by atoms with Crippen LogP contribution in [-0.4, -0.2) is 37.7 Å². The zero-order chi connectivity index (χ0) is 22.4. The molecule has 1 amide bonds. The molecule has 31 heavy (non-hydrogen) atoms. The monoisotopic (exact) mass is 440 g/mol. The number of aryl methyl sites for hydroxylation is 2. The third kappa shape index (κ3) is 3.97. The number of sulfonamides is 1. The molecule has 0 spiro atoms. The van der Waals surface area contributed by atoms with E-state index in [1.165, 1.54) is 5.56 Å². The molecule has 164 valence electrons. The molecule has 0 atom stereocenters. The van der Waals surface area contributed by atoms with E-state index >= 15 is 0 Å². The van der Waals surface area contributed by atoms with Gasteiger partial charge >= 0.3 is 0 Å². The number of nitrogens with one attached hydrogen (secondary N) is 1. The fourth-order valence-corrected chi connectivity index (χ4v) is 5.29. The summed E-state index contributed by atoms with van der Waals surface area (Å²) < 4.78 is 30.4. The van der Waals surface area contributed by atoms with Crippen molar-refractivity contribution in [3.05, 3.63) is 53.7 Å². The normalized spacial score (nSPS) is 16.0. The van der Waals surface area contributed by atoms with Crippen molar-refractivity contribution in [3.8, 4) is 0 Å². The minimum Gasteiger partial charge on any atom is -0.315 e. The molecule has 1 aliphatic rings. The summed E-state index contributed by atoms with van der Waals surface area (Å²) in [5.74, 6) is 0.0348. The summed E-state index contributed by atoms with van der Waals surface area (Å²) >= 11 is 0. The first-order valence-electron chi connectivity index (χ1n) is 10.4. The molecule has 0 aliphatic carbocycles. The molecule has 0 fully saturated rings. The maximum Gasteiger partial charge on any atom is 0.240 e. The number of nitrogens with zero attached hydrogens (tertiary/aromatic N) is 3. The Morgan fingerprint density at radius 2 is 1.97 bits per heavy atom. The van der Waals surface area contributed by atoms with Gasteiger partial charge in [-0.3, -0.25) is 9.48 Å². The Kier molecular flexibility index (Phi) is 5.39. The van der Waals surface area contributed by atoms with Gasteiger partial charge in [0.1, 0.15) is 0 Å². The van der Waals surface area contributed by atoms with Crippen LogP contribution < -0.4 is 9.62 Å². The third-order valence-electron chi connectivity index (χ3n) is 6.08. The molecule has 8 heteroatoms. The molecule has 2 aromatic carbocycles. The lowest BCUT2D eigenvalue weighted by Gasteiger charge is -2.37. The van der Waals surface area contributed by atoms with Gasteiger partial charge < -0.3 is 4.90 Å². The fraction of sp³-hybridized carbons (Fsp3) is 0.391. The van der Waals surface area contributed by atoms with Crippen LogP contribution in [0.5, 0.6) is 0 Å². The van der Waals surface area contributed by atoms with E-state index in [-0.39, 0.29) is 10.8 Å². The van der Waals surface area contributed by atoms with E-state index in [1.807, 2.05) is 36.9 Å². The first-order valence-corrected chi connectivity index (χ1v) is 11.9. The number of amides is 1. The van der Waals surface area contributed by atoms with E-state index in [1.54, 1.807) is 30.1 Å². The van der Waals surface area contributed by atoms with E-state index in [0.29, 0.717) is 25.9 Å². The summed E-state index contributed by atoms with van der Waals surface area (Å²) in [6, 6.07) is 11.1. The second-order valence-corrected chi connectivity index (χ2v) is 10.6. The first kappa shape index (κ1) is 21.5. The first-order chi connectivity index (χ1) is 14.6. The second kappa shape index (κ2) is 7.76. The van der Waals surface area contributed by atoms with Crippen LogP contribution in [0.4, 0.5) is 5.69 Å². The van der Waals surface area contributed by atoms with Gasteiger partial charge in [0, 0.05) is 43.0 Å². The molecule has 3 aromatic rings. The SMILES string of the molecule is Cc1cccc2c1cnn2CCCNS(=O)(=O)c1ccc2c(c1)C(C)(C)CC(=O)N2C. The minimum absolute atomic E-state index is 0.0348. The number of hydrogen-bond acceptors (Lipinski definition) is 4. The second-order valence-electron chi connectivity index (χ2n) is 8.82. The highest BCUT2D eigenvalue weighted by atomic mass is 32.2. The maximum absolute atomic E-state index is 12.9. The molecule has 0 unspecified atom stereocenters. The highest BCUT2D eigenvalue weighted by Gasteiger charge is 2.36. The van der Waals surface area contributed by atoms with Crippen LogP contribution in [0.25, 0.3) is 10.9 Å². The zero-order valence-corrected chi connectivity index (χ0v) is 19.2. The van der Waals surface area contributed by atoms with Gasteiger partial charge in [0.25, 0.3) is 0 Å². The van der Waals surface area contributed by atoms with Gasteiger partial charge in [-0.25, -0.2) is 13.1 Å². The van der Waals surface area contributed by atoms with E-state index in [0.717, 1.165) is 22.2 Å². The molecule has 7 nitrogen and oxygen atoms in total. The Balaban J connectivity index is 1.46. The summed E-state index contributed by atoms with van der Waals surface area (Å²) in [5.41, 5.74) is 3.45. The van der Waals surface area contributed by atoms with Crippen LogP contribution in [0.1, 0.15) is 37.8 Å². The van der Waals surface area contributed by atoms with Gasteiger partial charge in [-0.1, -0.05) is 26.0 Å². The van der Waals surface area contributed by atoms with Gasteiger partial charge in [-0.05, 0) is 48.7 Å². The third-order valence-corrected chi connectivity index (χ3v) is 7.54. The predicted molar refractivity (Wildman–Crippen MR) is 122 cm³/mol. The lowest BCUT2D eigenvalue weighted by molar-refractivity contribution is -0.119. The lowest BCUT2D eigenvalue weighted by Crippen LogP contribution is -2.39. The van der Waals surface area contributed by atoms with Crippen LogP contribution in [0.15, 0.2) is 47.5 Å². The van der Waals surface area contributed by atoms with Gasteiger partial charge in [0.05, 0.1) is 16.6 Å². The fourth-order valence-electron chi connectivity index (χ4n) is 4.19. The molecule has 1 aliphatic heterocycles. The Morgan fingerprint density at radius 3 is 2.74 bits per heavy atom. The number of fused-ring (bicyclic) bond motifs is 2. The summed E-state index contributed by atoms with van der Waals surface area (Å²) in [7, 11) is -1.92. The van der Waals surface area contributed by atoms with Crippen LogP contribution in [0.3, 0.4) is 0 Å². The van der Waals surface area contributed by atoms with Crippen molar-refractivity contribution >= 4 is 32.5 Å². The number of carbonyl (C=O) groups excluding carboxylic acids is 1. The molecular weight excluding hydrogens is 412 g/mol. The lowest BCUT2D eigenvalue weighted by atomic mass is 9.77. The van der Waals surface area contributed by atoms with E-state index in [9.17, 15) is 13.2 Å². The molecule has 0 bridgehead atoms. The van der Waals surface area contributed by atoms with Crippen molar-refractivity contribution in [2.75, 3.05) is 18.5 Å². The van der Waals surface area contributed by atoms with Crippen LogP contribution >= 0.6 is 0 Å². The van der Waals surface area contributed by atoms with Crippen molar-refractivity contribution in [1.82, 2.24) is 14.5 Å². The van der Waals surface area contributed by atoms with Crippen molar-refractivity contribution in [1.29, 1.82) is 0 Å². The number of benzene rings is 2. The Bertz CT molecular complexity index is 1260. The van der Waals surface area contributed by atoms with Gasteiger partial charge in [0.15, 0.2) is 0 Å². The van der Waals surface area contributed by atoms with Crippen molar-refractivity contribution in [2.24, 2.45) is 0 Å². The number of rotatable bonds is 6. The molecule has 1 N–H and O–H groups in total. The van der Waals surface area contributed by atoms with E-state index in [2.05, 4.69) is 22.8 Å². The van der Waals surface area contributed by atoms with Gasteiger partial charge in [-0.2, -0.15) is 5.10 Å². The molecule has 0 saturated heterocycles. The number of hydrogen-bond donors (Lipinski definition) is 1. The molecule has 0 saturated carbocycles. The minimum atomic E-state index is -3.65. The average Bonchev–Trinajstić information content (AvgIpc) is 3.13. The van der Waals surface area contributed by atoms with E-state index < -0.39 is 15.4 Å². The summed E-state index contributed by atoms with van der Waals surface area (Å²) in [5, 5.41) is 5.55. The molecule has 4 rings (SSSR count). The Hall–Kier alpha value is -2.71. The predicted octanol–water partition coefficient (Wildman–Crippen LogP) is 3.36. The Morgan fingerprint density at radius 1 is 1.19 bits per heavy atom. The zero-order valence-electron chi connectivity index (χ0n) is 18.3. The average molecular weight is 441 g/mol. The highest BCUT2D eigenvalue weighted by molar-refractivity contribution is 7.89. The number of aromatic nitrogens is 2. The van der Waals surface area contributed by atoms with E-state index in [4.69, 9.17) is 0 Å². The standard InChI is InChI=1S/C23H28N4O3S/c1-16-7-5-8-20-18(16)15-24-27(20)12-6-11-25-31(29,30)17-9-10-21-19(13-17)23(2,3)14-22(28)26(21)4/h5,7-10,13,15,25H,6,11-12,14H2,1-4H3. The highest BCUT2D eigenvalue weighted by Crippen LogP contribution is 2.40. The smallest absolute Gasteiger partial charge is 0.240 e. The topological polar surface area (TPSA) is 84.3 Å².